The number of ether oxygens (including phenoxy) is 1. The summed E-state index contributed by atoms with van der Waals surface area (Å²) in [5.41, 5.74) is 4.15. The third-order valence-electron chi connectivity index (χ3n) is 2.94. The Kier molecular flexibility index (Phi) is 5.87. The lowest BCUT2D eigenvalue weighted by atomic mass is 10.1. The Bertz CT molecular complexity index is 557. The van der Waals surface area contributed by atoms with E-state index in [1.807, 2.05) is 12.4 Å². The molecule has 0 aromatic carbocycles. The highest BCUT2D eigenvalue weighted by Crippen LogP contribution is 2.14. The van der Waals surface area contributed by atoms with Gasteiger partial charge >= 0.3 is 0 Å². The second-order valence-corrected chi connectivity index (χ2v) is 7.88. The maximum Gasteiger partial charge on any atom is 0.107 e. The Morgan fingerprint density at radius 1 is 1.29 bits per heavy atom. The van der Waals surface area contributed by atoms with Crippen molar-refractivity contribution in [3.63, 3.8) is 0 Å². The molecule has 0 saturated carbocycles. The second kappa shape index (κ2) is 7.45. The maximum absolute atomic E-state index is 5.71. The summed E-state index contributed by atoms with van der Waals surface area (Å²) in [7, 11) is 0. The average molecular weight is 326 g/mol. The van der Waals surface area contributed by atoms with E-state index in [1.54, 1.807) is 22.7 Å². The number of hydrogen-bond acceptors (Lipinski definition) is 6. The van der Waals surface area contributed by atoms with E-state index in [9.17, 15) is 0 Å². The van der Waals surface area contributed by atoms with Gasteiger partial charge in [0.25, 0.3) is 0 Å². The summed E-state index contributed by atoms with van der Waals surface area (Å²) in [4.78, 5) is 10.1. The Morgan fingerprint density at radius 2 is 2.10 bits per heavy atom. The summed E-state index contributed by atoms with van der Waals surface area (Å²) >= 11 is 3.38. The molecular formula is C15H23N3OS2. The smallest absolute Gasteiger partial charge is 0.107 e. The lowest BCUT2D eigenvalue weighted by Crippen LogP contribution is -2.35. The fraction of sp³-hybridized carbons (Fsp3) is 0.600. The van der Waals surface area contributed by atoms with Crippen molar-refractivity contribution < 1.29 is 4.74 Å². The highest BCUT2D eigenvalue weighted by atomic mass is 32.1. The molecular weight excluding hydrogens is 302 g/mol. The molecule has 0 saturated heterocycles. The fourth-order valence-corrected chi connectivity index (χ4v) is 3.23. The number of rotatable bonds is 7. The first-order chi connectivity index (χ1) is 9.94. The summed E-state index contributed by atoms with van der Waals surface area (Å²) in [5.74, 6) is 0. The van der Waals surface area contributed by atoms with Gasteiger partial charge in [0.2, 0.25) is 0 Å². The van der Waals surface area contributed by atoms with Crippen LogP contribution >= 0.6 is 22.7 Å². The Hall–Kier alpha value is -0.820. The van der Waals surface area contributed by atoms with Crippen LogP contribution in [0.5, 0.6) is 0 Å². The van der Waals surface area contributed by atoms with Gasteiger partial charge < -0.3 is 10.1 Å². The molecule has 0 aliphatic rings. The van der Waals surface area contributed by atoms with Crippen LogP contribution in [-0.2, 0) is 24.3 Å². The minimum absolute atomic E-state index is 0.120. The van der Waals surface area contributed by atoms with Crippen LogP contribution in [-0.4, -0.2) is 22.1 Å². The molecule has 0 atom stereocenters. The molecule has 116 valence electrons. The largest absolute Gasteiger partial charge is 0.375 e. The molecule has 6 heteroatoms. The molecule has 0 spiro atoms. The van der Waals surface area contributed by atoms with Crippen molar-refractivity contribution in [1.82, 2.24) is 15.3 Å². The molecule has 2 aromatic rings. The summed E-state index contributed by atoms with van der Waals surface area (Å²) < 4.78 is 5.71. The van der Waals surface area contributed by atoms with Gasteiger partial charge in [-0.3, -0.25) is 0 Å². The van der Waals surface area contributed by atoms with E-state index >= 15 is 0 Å². The van der Waals surface area contributed by atoms with Crippen molar-refractivity contribution in [3.05, 3.63) is 32.2 Å². The van der Waals surface area contributed by atoms with E-state index in [2.05, 4.69) is 41.4 Å². The van der Waals surface area contributed by atoms with Crippen molar-refractivity contribution in [2.24, 2.45) is 0 Å². The molecule has 0 fully saturated rings. The molecule has 0 aliphatic carbocycles. The van der Waals surface area contributed by atoms with Gasteiger partial charge in [0, 0.05) is 28.8 Å². The molecule has 2 rings (SSSR count). The number of aryl methyl sites for hydroxylation is 1. The molecule has 1 N–H and O–H groups in total. The number of nitrogens with one attached hydrogen (secondary N) is 1. The molecule has 2 heterocycles. The fourth-order valence-electron chi connectivity index (χ4n) is 1.74. The lowest BCUT2D eigenvalue weighted by molar-refractivity contribution is 0.122. The average Bonchev–Trinajstić information content (AvgIpc) is 3.01. The van der Waals surface area contributed by atoms with Crippen LogP contribution < -0.4 is 5.32 Å². The first kappa shape index (κ1) is 16.5. The summed E-state index contributed by atoms with van der Waals surface area (Å²) in [6, 6.07) is 0. The van der Waals surface area contributed by atoms with Gasteiger partial charge in [-0.25, -0.2) is 9.97 Å². The van der Waals surface area contributed by atoms with Crippen LogP contribution in [0.2, 0.25) is 0 Å². The zero-order valence-corrected chi connectivity index (χ0v) is 14.7. The van der Waals surface area contributed by atoms with Gasteiger partial charge in [-0.2, -0.15) is 0 Å². The highest BCUT2D eigenvalue weighted by Gasteiger charge is 2.10. The van der Waals surface area contributed by atoms with Crippen LogP contribution in [0.4, 0.5) is 0 Å². The standard InChI is InChI=1S/C15H23N3OS2/c1-11-13(21-10-16-11)5-6-19-8-12-9-20-14(18-12)7-17-15(2,3)4/h9-10,17H,5-8H2,1-4H3. The van der Waals surface area contributed by atoms with Gasteiger partial charge in [-0.15, -0.1) is 22.7 Å². The Labute approximate surface area is 134 Å². The van der Waals surface area contributed by atoms with Crippen molar-refractivity contribution in [2.75, 3.05) is 6.61 Å². The molecule has 0 bridgehead atoms. The quantitative estimate of drug-likeness (QED) is 0.791. The van der Waals surface area contributed by atoms with Crippen molar-refractivity contribution in [1.29, 1.82) is 0 Å². The molecule has 0 aliphatic heterocycles. The summed E-state index contributed by atoms with van der Waals surface area (Å²) in [6.07, 6.45) is 0.930. The van der Waals surface area contributed by atoms with Crippen LogP contribution in [0.15, 0.2) is 10.9 Å². The third kappa shape index (κ3) is 5.82. The van der Waals surface area contributed by atoms with Crippen molar-refractivity contribution >= 4 is 22.7 Å². The number of hydrogen-bond donors (Lipinski definition) is 1. The Balaban J connectivity index is 1.69. The predicted octanol–water partition coefficient (Wildman–Crippen LogP) is 3.56. The van der Waals surface area contributed by atoms with E-state index in [0.29, 0.717) is 6.61 Å². The van der Waals surface area contributed by atoms with E-state index < -0.39 is 0 Å². The second-order valence-electron chi connectivity index (χ2n) is 6.00. The van der Waals surface area contributed by atoms with E-state index in [4.69, 9.17) is 4.74 Å². The molecule has 21 heavy (non-hydrogen) atoms. The van der Waals surface area contributed by atoms with Crippen LogP contribution in [0.3, 0.4) is 0 Å². The number of thiazole rings is 2. The van der Waals surface area contributed by atoms with Gasteiger partial charge in [0.15, 0.2) is 0 Å². The van der Waals surface area contributed by atoms with E-state index in [1.165, 1.54) is 4.88 Å². The normalized spacial score (nSPS) is 12.0. The zero-order chi connectivity index (χ0) is 15.3. The monoisotopic (exact) mass is 325 g/mol. The van der Waals surface area contributed by atoms with Gasteiger partial charge in [0.05, 0.1) is 30.1 Å². The molecule has 4 nitrogen and oxygen atoms in total. The molecule has 0 radical (unpaired) electrons. The first-order valence-electron chi connectivity index (χ1n) is 7.09. The molecule has 0 unspecified atom stereocenters. The van der Waals surface area contributed by atoms with Crippen LogP contribution in [0.1, 0.15) is 42.0 Å². The minimum Gasteiger partial charge on any atom is -0.375 e. The van der Waals surface area contributed by atoms with E-state index in [0.717, 1.165) is 36.0 Å². The molecule has 0 amide bonds. The van der Waals surface area contributed by atoms with Crippen molar-refractivity contribution in [3.8, 4) is 0 Å². The predicted molar refractivity (Wildman–Crippen MR) is 88.9 cm³/mol. The van der Waals surface area contributed by atoms with Crippen LogP contribution in [0, 0.1) is 6.92 Å². The van der Waals surface area contributed by atoms with Crippen molar-refractivity contribution in [2.45, 2.75) is 52.8 Å². The van der Waals surface area contributed by atoms with Gasteiger partial charge in [-0.05, 0) is 27.7 Å². The van der Waals surface area contributed by atoms with Crippen LogP contribution in [0.25, 0.3) is 0 Å². The number of nitrogens with zero attached hydrogens (tertiary/aromatic N) is 2. The highest BCUT2D eigenvalue weighted by molar-refractivity contribution is 7.09. The minimum atomic E-state index is 0.120. The SMILES string of the molecule is Cc1ncsc1CCOCc1csc(CNC(C)(C)C)n1. The Morgan fingerprint density at radius 3 is 2.76 bits per heavy atom. The van der Waals surface area contributed by atoms with E-state index in [-0.39, 0.29) is 5.54 Å². The maximum atomic E-state index is 5.71. The lowest BCUT2D eigenvalue weighted by Gasteiger charge is -2.19. The zero-order valence-electron chi connectivity index (χ0n) is 13.1. The van der Waals surface area contributed by atoms with Gasteiger partial charge in [0.1, 0.15) is 5.01 Å². The third-order valence-corrected chi connectivity index (χ3v) is 4.83. The molecule has 2 aromatic heterocycles. The summed E-state index contributed by atoms with van der Waals surface area (Å²) in [6.45, 7) is 10.6. The van der Waals surface area contributed by atoms with Gasteiger partial charge in [-0.1, -0.05) is 0 Å². The first-order valence-corrected chi connectivity index (χ1v) is 8.85. The number of aromatic nitrogens is 2. The summed E-state index contributed by atoms with van der Waals surface area (Å²) in [5, 5.41) is 6.64. The topological polar surface area (TPSA) is 47.0 Å².